The van der Waals surface area contributed by atoms with Crippen LogP contribution in [0.25, 0.3) is 21.7 Å². The molecule has 0 spiro atoms. The normalized spacial score (nSPS) is 13.6. The number of carbonyl (C=O) groups is 3. The van der Waals surface area contributed by atoms with E-state index in [1.165, 1.54) is 12.1 Å². The van der Waals surface area contributed by atoms with Crippen molar-refractivity contribution in [2.24, 2.45) is 5.73 Å². The second kappa shape index (κ2) is 9.62. The number of hydrogen-bond donors (Lipinski definition) is 1. The first kappa shape index (κ1) is 23.8. The fraction of sp³-hybridized carbons (Fsp3) is 0.222. The Bertz CT molecular complexity index is 1530. The number of amides is 2. The number of benzene rings is 3. The Kier molecular flexibility index (Phi) is 6.36. The fourth-order valence-electron chi connectivity index (χ4n) is 4.62. The lowest BCUT2D eigenvalue weighted by molar-refractivity contribution is -0.127. The monoisotopic (exact) mass is 507 g/mol. The van der Waals surface area contributed by atoms with Crippen LogP contribution in [0.4, 0.5) is 4.39 Å². The second-order valence-corrected chi connectivity index (χ2v) is 9.23. The number of hydrogen-bond acceptors (Lipinski definition) is 4. The number of nitrogens with two attached hydrogens (primary N) is 1. The molecule has 4 aromatic rings. The first-order chi connectivity index (χ1) is 17.3. The molecule has 1 aromatic heterocycles. The number of Topliss-reactive ketones (excluding diaryl/α,β-unsaturated/α-hetero) is 1. The van der Waals surface area contributed by atoms with Crippen molar-refractivity contribution in [3.05, 3.63) is 76.7 Å². The smallest absolute Gasteiger partial charge is 0.252 e. The molecule has 0 atom stereocenters. The first-order valence-corrected chi connectivity index (χ1v) is 11.9. The van der Waals surface area contributed by atoms with Crippen LogP contribution in [0.1, 0.15) is 33.6 Å². The van der Waals surface area contributed by atoms with Gasteiger partial charge in [-0.2, -0.15) is 0 Å². The molecule has 5 rings (SSSR count). The summed E-state index contributed by atoms with van der Waals surface area (Å²) in [5.41, 5.74) is 6.61. The first-order valence-electron chi connectivity index (χ1n) is 11.6. The van der Waals surface area contributed by atoms with E-state index < -0.39 is 11.7 Å². The third-order valence-corrected chi connectivity index (χ3v) is 6.69. The average molecular weight is 508 g/mol. The van der Waals surface area contributed by atoms with Gasteiger partial charge in [0.1, 0.15) is 11.6 Å². The number of ether oxygens (including phenoxy) is 1. The number of nitrogens with zero attached hydrogens (tertiary/aromatic N) is 2. The Morgan fingerprint density at radius 1 is 1.03 bits per heavy atom. The van der Waals surface area contributed by atoms with Gasteiger partial charge in [0.25, 0.3) is 5.91 Å². The molecule has 1 fully saturated rings. The van der Waals surface area contributed by atoms with Crippen molar-refractivity contribution < 1.29 is 23.5 Å². The van der Waals surface area contributed by atoms with E-state index >= 15 is 0 Å². The molecule has 0 aliphatic carbocycles. The molecule has 1 aliphatic rings. The Morgan fingerprint density at radius 2 is 1.86 bits per heavy atom. The zero-order valence-electron chi connectivity index (χ0n) is 19.3. The van der Waals surface area contributed by atoms with Gasteiger partial charge in [0.2, 0.25) is 11.7 Å². The fourth-order valence-corrected chi connectivity index (χ4v) is 4.80. The van der Waals surface area contributed by atoms with Crippen LogP contribution in [-0.2, 0) is 11.3 Å². The number of carbonyl (C=O) groups excluding carboxylic acids is 3. The Morgan fingerprint density at radius 3 is 2.61 bits per heavy atom. The van der Waals surface area contributed by atoms with E-state index in [9.17, 15) is 18.8 Å². The minimum absolute atomic E-state index is 0.102. The van der Waals surface area contributed by atoms with Crippen molar-refractivity contribution >= 4 is 50.9 Å². The zero-order valence-corrected chi connectivity index (χ0v) is 20.1. The van der Waals surface area contributed by atoms with Gasteiger partial charge >= 0.3 is 0 Å². The summed E-state index contributed by atoms with van der Waals surface area (Å²) in [6.45, 7) is 1.26. The lowest BCUT2D eigenvalue weighted by Crippen LogP contribution is -2.28. The Labute approximate surface area is 211 Å². The van der Waals surface area contributed by atoms with Crippen molar-refractivity contribution in [1.82, 2.24) is 9.47 Å². The van der Waals surface area contributed by atoms with E-state index in [0.29, 0.717) is 47.5 Å². The highest BCUT2D eigenvalue weighted by Crippen LogP contribution is 2.29. The lowest BCUT2D eigenvalue weighted by atomic mass is 10.1. The highest BCUT2D eigenvalue weighted by atomic mass is 35.5. The van der Waals surface area contributed by atoms with E-state index in [-0.39, 0.29) is 29.6 Å². The molecule has 1 aliphatic heterocycles. The zero-order chi connectivity index (χ0) is 25.4. The van der Waals surface area contributed by atoms with Crippen LogP contribution >= 0.6 is 11.6 Å². The van der Waals surface area contributed by atoms with Gasteiger partial charge in [-0.25, -0.2) is 4.39 Å². The van der Waals surface area contributed by atoms with E-state index in [0.717, 1.165) is 17.2 Å². The van der Waals surface area contributed by atoms with Gasteiger partial charge in [-0.15, -0.1) is 0 Å². The summed E-state index contributed by atoms with van der Waals surface area (Å²) in [5.74, 6) is -1.16. The molecule has 7 nitrogen and oxygen atoms in total. The van der Waals surface area contributed by atoms with Crippen LogP contribution < -0.4 is 10.5 Å². The number of halogens is 2. The quantitative estimate of drug-likeness (QED) is 0.353. The van der Waals surface area contributed by atoms with Crippen LogP contribution in [0.2, 0.25) is 5.02 Å². The summed E-state index contributed by atoms with van der Waals surface area (Å²) in [7, 11) is 0. The molecule has 0 unspecified atom stereocenters. The van der Waals surface area contributed by atoms with Gasteiger partial charge in [-0.05, 0) is 59.7 Å². The summed E-state index contributed by atoms with van der Waals surface area (Å²) < 4.78 is 21.6. The van der Waals surface area contributed by atoms with Crippen molar-refractivity contribution in [2.45, 2.75) is 19.4 Å². The maximum atomic E-state index is 14.0. The third-order valence-electron chi connectivity index (χ3n) is 6.45. The molecule has 2 heterocycles. The molecule has 0 bridgehead atoms. The molecule has 1 saturated heterocycles. The summed E-state index contributed by atoms with van der Waals surface area (Å²) in [6, 6.07) is 12.7. The van der Waals surface area contributed by atoms with Crippen molar-refractivity contribution in [3.63, 3.8) is 0 Å². The summed E-state index contributed by atoms with van der Waals surface area (Å²) >= 11 is 6.05. The minimum Gasteiger partial charge on any atom is -0.485 e. The molecule has 0 saturated carbocycles. The number of primary amides is 1. The molecule has 9 heteroatoms. The summed E-state index contributed by atoms with van der Waals surface area (Å²) in [6.07, 6.45) is 3.03. The van der Waals surface area contributed by atoms with Gasteiger partial charge in [0.05, 0.1) is 11.1 Å². The van der Waals surface area contributed by atoms with Crippen LogP contribution in [0, 0.1) is 5.82 Å². The van der Waals surface area contributed by atoms with Crippen LogP contribution in [0.3, 0.4) is 0 Å². The molecule has 2 N–H and O–H groups in total. The SMILES string of the molecule is NC(=O)c1cc2cc(Cl)ccc2cc1OCC(=O)c1cn(CCN2CCCC2=O)c2cc(F)ccc12. The Balaban J connectivity index is 1.41. The number of likely N-dealkylation sites (tertiary alicyclic amines) is 1. The average Bonchev–Trinajstić information content (AvgIpc) is 3.43. The number of aromatic nitrogens is 1. The van der Waals surface area contributed by atoms with E-state index in [2.05, 4.69) is 0 Å². The van der Waals surface area contributed by atoms with Crippen molar-refractivity contribution in [3.8, 4) is 5.75 Å². The number of ketones is 1. The summed E-state index contributed by atoms with van der Waals surface area (Å²) in [5, 5.41) is 2.59. The number of rotatable bonds is 8. The Hall–Kier alpha value is -3.91. The highest BCUT2D eigenvalue weighted by Gasteiger charge is 2.22. The predicted molar refractivity (Wildman–Crippen MR) is 135 cm³/mol. The van der Waals surface area contributed by atoms with Crippen molar-refractivity contribution in [1.29, 1.82) is 0 Å². The van der Waals surface area contributed by atoms with Crippen molar-refractivity contribution in [2.75, 3.05) is 19.7 Å². The van der Waals surface area contributed by atoms with Crippen LogP contribution in [-0.4, -0.2) is 46.8 Å². The van der Waals surface area contributed by atoms with Gasteiger partial charge in [-0.1, -0.05) is 17.7 Å². The largest absolute Gasteiger partial charge is 0.485 e. The topological polar surface area (TPSA) is 94.6 Å². The van der Waals surface area contributed by atoms with E-state index in [1.807, 2.05) is 0 Å². The molecule has 0 radical (unpaired) electrons. The molecule has 184 valence electrons. The molecule has 3 aromatic carbocycles. The van der Waals surface area contributed by atoms with Gasteiger partial charge in [-0.3, -0.25) is 14.4 Å². The van der Waals surface area contributed by atoms with Crippen LogP contribution in [0.15, 0.2) is 54.7 Å². The highest BCUT2D eigenvalue weighted by molar-refractivity contribution is 6.31. The minimum atomic E-state index is -0.692. The van der Waals surface area contributed by atoms with E-state index in [1.54, 1.807) is 52.1 Å². The summed E-state index contributed by atoms with van der Waals surface area (Å²) in [4.78, 5) is 39.0. The van der Waals surface area contributed by atoms with Crippen LogP contribution in [0.5, 0.6) is 5.75 Å². The molecular formula is C27H23ClFN3O4. The maximum absolute atomic E-state index is 14.0. The number of fused-ring (bicyclic) bond motifs is 2. The van der Waals surface area contributed by atoms with Gasteiger partial charge in [0.15, 0.2) is 6.61 Å². The maximum Gasteiger partial charge on any atom is 0.252 e. The third kappa shape index (κ3) is 4.64. The predicted octanol–water partition coefficient (Wildman–Crippen LogP) is 4.57. The molecule has 2 amide bonds. The lowest BCUT2D eigenvalue weighted by Gasteiger charge is -2.16. The molecule has 36 heavy (non-hydrogen) atoms. The standard InChI is InChI=1S/C27H23ClFN3O4/c28-18-4-3-16-12-25(21(27(30)35)11-17(16)10-18)36-15-24(33)22-14-32(9-8-31-7-1-2-26(31)34)23-13-19(29)5-6-20(22)23/h3-6,10-14H,1-2,7-9,15H2,(H2,30,35). The van der Waals surface area contributed by atoms with E-state index in [4.69, 9.17) is 22.1 Å². The van der Waals surface area contributed by atoms with Gasteiger partial charge < -0.3 is 19.9 Å². The van der Waals surface area contributed by atoms with Gasteiger partial charge in [0, 0.05) is 48.2 Å². The molecular weight excluding hydrogens is 485 g/mol. The second-order valence-electron chi connectivity index (χ2n) is 8.80.